The van der Waals surface area contributed by atoms with Gasteiger partial charge in [0.05, 0.1) is 46.3 Å². The van der Waals surface area contributed by atoms with E-state index in [0.717, 1.165) is 100 Å². The minimum absolute atomic E-state index is 0.530. The molecule has 0 N–H and O–H groups in total. The Balaban J connectivity index is 1.27. The van der Waals surface area contributed by atoms with Crippen molar-refractivity contribution in [1.82, 2.24) is 14.5 Å². The van der Waals surface area contributed by atoms with Crippen molar-refractivity contribution in [2.75, 3.05) is 0 Å². The molecule has 0 fully saturated rings. The zero-order valence-electron chi connectivity index (χ0n) is 35.1. The molecule has 0 spiro atoms. The van der Waals surface area contributed by atoms with Crippen LogP contribution in [0.3, 0.4) is 0 Å². The third-order valence-electron chi connectivity index (χ3n) is 12.0. The van der Waals surface area contributed by atoms with E-state index in [1.807, 2.05) is 91.0 Å². The number of hydrogen-bond acceptors (Lipinski definition) is 3. The Labute approximate surface area is 377 Å². The maximum Gasteiger partial charge on any atom is 0.187 e. The average molecular weight is 828 g/mol. The largest absolute Gasteiger partial charge is 0.308 e. The van der Waals surface area contributed by atoms with E-state index in [2.05, 4.69) is 149 Å². The van der Waals surface area contributed by atoms with Gasteiger partial charge >= 0.3 is 0 Å². The maximum atomic E-state index is 10.3. The summed E-state index contributed by atoms with van der Waals surface area (Å²) in [5.74, 6) is 0.555. The van der Waals surface area contributed by atoms with Gasteiger partial charge in [-0.05, 0) is 94.0 Å². The molecule has 0 amide bonds. The van der Waals surface area contributed by atoms with Gasteiger partial charge in [-0.15, -0.1) is 0 Å². The fourth-order valence-electron chi connectivity index (χ4n) is 8.92. The standard InChI is InChI=1S/C60H37N5/c1-62-50-27-15-26-48(33-50)52-37-49(60-63-55(43-21-10-4-11-22-43)38-56(64-60)44-23-12-5-13-24-44)36-51(47-25-14-16-40(32-47)39-61)59(52)65-57-30-28-45(41-17-6-2-7-18-41)34-53(57)54-35-46(29-31-58(54)65)42-19-8-3-9-20-42/h2-38H. The second-order valence-electron chi connectivity index (χ2n) is 16.0. The number of rotatable bonds is 8. The van der Waals surface area contributed by atoms with E-state index in [4.69, 9.17) is 16.5 Å². The monoisotopic (exact) mass is 827 g/mol. The summed E-state index contributed by atoms with van der Waals surface area (Å²) in [6.45, 7) is 8.07. The molecule has 0 atom stereocenters. The molecule has 302 valence electrons. The molecule has 0 aliphatic rings. The predicted octanol–water partition coefficient (Wildman–Crippen LogP) is 15.7. The van der Waals surface area contributed by atoms with Gasteiger partial charge in [0.2, 0.25) is 0 Å². The zero-order valence-corrected chi connectivity index (χ0v) is 35.1. The van der Waals surface area contributed by atoms with Crippen LogP contribution in [-0.2, 0) is 0 Å². The Morgan fingerprint density at radius 2 is 0.862 bits per heavy atom. The van der Waals surface area contributed by atoms with Crippen LogP contribution < -0.4 is 0 Å². The number of aromatic nitrogens is 3. The molecule has 5 nitrogen and oxygen atoms in total. The summed E-state index contributed by atoms with van der Waals surface area (Å²) < 4.78 is 2.36. The summed E-state index contributed by atoms with van der Waals surface area (Å²) in [7, 11) is 0. The zero-order chi connectivity index (χ0) is 43.7. The van der Waals surface area contributed by atoms with Crippen molar-refractivity contribution >= 4 is 27.5 Å². The lowest BCUT2D eigenvalue weighted by atomic mass is 9.91. The van der Waals surface area contributed by atoms with Gasteiger partial charge in [-0.25, -0.2) is 14.8 Å². The molecule has 2 heterocycles. The Bertz CT molecular complexity index is 3420. The first-order valence-electron chi connectivity index (χ1n) is 21.5. The summed E-state index contributed by atoms with van der Waals surface area (Å²) in [6.07, 6.45) is 0. The number of nitrogens with zero attached hydrogens (tertiary/aromatic N) is 5. The molecule has 0 aliphatic carbocycles. The molecular formula is C60H37N5. The van der Waals surface area contributed by atoms with E-state index in [-0.39, 0.29) is 0 Å². The fourth-order valence-corrected chi connectivity index (χ4v) is 8.92. The second-order valence-corrected chi connectivity index (χ2v) is 16.0. The third-order valence-corrected chi connectivity index (χ3v) is 12.0. The third kappa shape index (κ3) is 7.30. The molecule has 5 heteroatoms. The number of benzene rings is 9. The lowest BCUT2D eigenvalue weighted by Gasteiger charge is -2.21. The van der Waals surface area contributed by atoms with Gasteiger partial charge in [0.15, 0.2) is 11.5 Å². The van der Waals surface area contributed by atoms with Crippen LogP contribution in [0.4, 0.5) is 5.69 Å². The van der Waals surface area contributed by atoms with Crippen LogP contribution in [0.2, 0.25) is 0 Å². The van der Waals surface area contributed by atoms with Crippen molar-refractivity contribution in [1.29, 1.82) is 5.26 Å². The van der Waals surface area contributed by atoms with Crippen LogP contribution in [0, 0.1) is 17.9 Å². The van der Waals surface area contributed by atoms with Crippen LogP contribution in [-0.4, -0.2) is 14.5 Å². The summed E-state index contributed by atoms with van der Waals surface area (Å²) in [5.41, 5.74) is 16.4. The van der Waals surface area contributed by atoms with Crippen molar-refractivity contribution in [3.63, 3.8) is 0 Å². The molecule has 0 radical (unpaired) electrons. The lowest BCUT2D eigenvalue weighted by molar-refractivity contribution is 1.17. The molecule has 65 heavy (non-hydrogen) atoms. The number of nitriles is 1. The van der Waals surface area contributed by atoms with E-state index in [0.29, 0.717) is 17.1 Å². The second kappa shape index (κ2) is 16.6. The number of hydrogen-bond donors (Lipinski definition) is 0. The Morgan fingerprint density at radius 1 is 0.400 bits per heavy atom. The van der Waals surface area contributed by atoms with Gasteiger partial charge in [-0.1, -0.05) is 164 Å². The SMILES string of the molecule is [C-]#[N+]c1cccc(-c2cc(-c3nc(-c4ccccc4)cc(-c4ccccc4)n3)cc(-c3cccc(C#N)c3)c2-n2c3ccc(-c4ccccc4)cc3c3cc(-c4ccccc4)ccc32)c1. The molecular weight excluding hydrogens is 791 g/mol. The highest BCUT2D eigenvalue weighted by Crippen LogP contribution is 2.46. The van der Waals surface area contributed by atoms with Crippen LogP contribution in [0.15, 0.2) is 224 Å². The molecule has 11 aromatic rings. The highest BCUT2D eigenvalue weighted by molar-refractivity contribution is 6.13. The van der Waals surface area contributed by atoms with E-state index in [1.165, 1.54) is 0 Å². The number of fused-ring (bicyclic) bond motifs is 3. The van der Waals surface area contributed by atoms with Gasteiger partial charge in [0.25, 0.3) is 0 Å². The Kier molecular flexibility index (Phi) is 9.90. The summed E-state index contributed by atoms with van der Waals surface area (Å²) in [4.78, 5) is 14.5. The van der Waals surface area contributed by atoms with Crippen molar-refractivity contribution in [2.24, 2.45) is 0 Å². The summed E-state index contributed by atoms with van der Waals surface area (Å²) in [5, 5.41) is 12.5. The predicted molar refractivity (Wildman–Crippen MR) is 265 cm³/mol. The highest BCUT2D eigenvalue weighted by atomic mass is 15.0. The van der Waals surface area contributed by atoms with Gasteiger partial charge < -0.3 is 4.57 Å². The van der Waals surface area contributed by atoms with Crippen LogP contribution in [0.1, 0.15) is 5.56 Å². The van der Waals surface area contributed by atoms with E-state index in [1.54, 1.807) is 0 Å². The summed E-state index contributed by atoms with van der Waals surface area (Å²) >= 11 is 0. The first-order chi connectivity index (χ1) is 32.1. The van der Waals surface area contributed by atoms with Crippen molar-refractivity contribution in [3.8, 4) is 90.2 Å². The normalized spacial score (nSPS) is 11.0. The van der Waals surface area contributed by atoms with Crippen LogP contribution in [0.5, 0.6) is 0 Å². The van der Waals surface area contributed by atoms with E-state index >= 15 is 0 Å². The van der Waals surface area contributed by atoms with Crippen LogP contribution >= 0.6 is 0 Å². The average Bonchev–Trinajstić information content (AvgIpc) is 3.71. The molecule has 0 saturated heterocycles. The minimum Gasteiger partial charge on any atom is -0.308 e. The lowest BCUT2D eigenvalue weighted by Crippen LogP contribution is -2.03. The van der Waals surface area contributed by atoms with E-state index < -0.39 is 0 Å². The Hall–Kier alpha value is -9.16. The fraction of sp³-hybridized carbons (Fsp3) is 0. The van der Waals surface area contributed by atoms with Gasteiger partial charge in [0, 0.05) is 38.6 Å². The van der Waals surface area contributed by atoms with Gasteiger partial charge in [0.1, 0.15) is 0 Å². The quantitative estimate of drug-likeness (QED) is 0.143. The first kappa shape index (κ1) is 38.7. The molecule has 0 saturated carbocycles. The highest BCUT2D eigenvalue weighted by Gasteiger charge is 2.24. The minimum atomic E-state index is 0.530. The van der Waals surface area contributed by atoms with Gasteiger partial charge in [-0.3, -0.25) is 0 Å². The molecule has 0 aliphatic heterocycles. The molecule has 2 aromatic heterocycles. The van der Waals surface area contributed by atoms with Gasteiger partial charge in [-0.2, -0.15) is 5.26 Å². The maximum absolute atomic E-state index is 10.3. The smallest absolute Gasteiger partial charge is 0.187 e. The Morgan fingerprint density at radius 3 is 1.35 bits per heavy atom. The molecule has 0 bridgehead atoms. The topological polar surface area (TPSA) is 58.9 Å². The first-order valence-corrected chi connectivity index (χ1v) is 21.5. The summed E-state index contributed by atoms with van der Waals surface area (Å²) in [6, 6.07) is 79.2. The van der Waals surface area contributed by atoms with Crippen molar-refractivity contribution in [3.05, 3.63) is 241 Å². The van der Waals surface area contributed by atoms with Crippen molar-refractivity contribution in [2.45, 2.75) is 0 Å². The molecule has 0 unspecified atom stereocenters. The van der Waals surface area contributed by atoms with Crippen molar-refractivity contribution < 1.29 is 0 Å². The van der Waals surface area contributed by atoms with E-state index in [9.17, 15) is 5.26 Å². The molecule has 11 rings (SSSR count). The molecule has 9 aromatic carbocycles. The van der Waals surface area contributed by atoms with Crippen LogP contribution in [0.25, 0.3) is 111 Å².